The summed E-state index contributed by atoms with van der Waals surface area (Å²) in [6.07, 6.45) is 5.87. The fourth-order valence-corrected chi connectivity index (χ4v) is 3.39. The van der Waals surface area contributed by atoms with Crippen LogP contribution in [0.4, 0.5) is 5.69 Å². The molecule has 0 aromatic carbocycles. The van der Waals surface area contributed by atoms with Gasteiger partial charge in [-0.25, -0.2) is 22.4 Å². The van der Waals surface area contributed by atoms with Gasteiger partial charge in [0, 0.05) is 39.0 Å². The van der Waals surface area contributed by atoms with Crippen molar-refractivity contribution >= 4 is 32.7 Å². The topological polar surface area (TPSA) is 132 Å². The minimum absolute atomic E-state index is 0.169. The lowest BCUT2D eigenvalue weighted by atomic mass is 10.1. The maximum atomic E-state index is 11.9. The maximum absolute atomic E-state index is 11.9. The molecule has 2 aromatic rings. The lowest BCUT2D eigenvalue weighted by molar-refractivity contribution is 0.0904. The first-order valence-corrected chi connectivity index (χ1v) is 10.5. The fraction of sp³-hybridized carbons (Fsp3) is 0.562. The molecule has 3 N–H and O–H groups in total. The molecule has 1 saturated heterocycles. The summed E-state index contributed by atoms with van der Waals surface area (Å²) in [6.45, 7) is 1.92. The number of ether oxygens (including phenoxy) is 1. The molecule has 3 heterocycles. The summed E-state index contributed by atoms with van der Waals surface area (Å²) in [6, 6.07) is 0.169. The summed E-state index contributed by atoms with van der Waals surface area (Å²) in [5.41, 5.74) is 7.01. The van der Waals surface area contributed by atoms with E-state index in [2.05, 4.69) is 15.4 Å². The number of hydrogen-bond donors (Lipinski definition) is 2. The lowest BCUT2D eigenvalue weighted by Crippen LogP contribution is -2.29. The fourth-order valence-electron chi connectivity index (χ4n) is 2.98. The molecule has 0 spiro atoms. The summed E-state index contributed by atoms with van der Waals surface area (Å²) in [5.74, 6) is -0.566. The number of pyridine rings is 1. The number of rotatable bonds is 7. The second kappa shape index (κ2) is 7.79. The van der Waals surface area contributed by atoms with Gasteiger partial charge in [-0.1, -0.05) is 0 Å². The number of hydrogen-bond acceptors (Lipinski definition) is 7. The molecule has 1 aliphatic rings. The van der Waals surface area contributed by atoms with E-state index < -0.39 is 15.9 Å². The van der Waals surface area contributed by atoms with Crippen LogP contribution in [0, 0.1) is 0 Å². The summed E-state index contributed by atoms with van der Waals surface area (Å²) < 4.78 is 31.4. The van der Waals surface area contributed by atoms with Crippen LogP contribution in [0.2, 0.25) is 0 Å². The molecule has 0 saturated carbocycles. The summed E-state index contributed by atoms with van der Waals surface area (Å²) in [7, 11) is -1.76. The van der Waals surface area contributed by atoms with E-state index >= 15 is 0 Å². The average Bonchev–Trinajstić information content (AvgIpc) is 3.03. The zero-order valence-corrected chi connectivity index (χ0v) is 16.2. The van der Waals surface area contributed by atoms with Crippen LogP contribution >= 0.6 is 0 Å². The summed E-state index contributed by atoms with van der Waals surface area (Å²) >= 11 is 0. The Hall–Kier alpha value is -2.24. The number of carbonyl (C=O) groups is 1. The molecule has 11 heteroatoms. The molecule has 1 aliphatic heterocycles. The largest absolute Gasteiger partial charge is 0.381 e. The molecular weight excluding hydrogens is 372 g/mol. The second-order valence-electron chi connectivity index (χ2n) is 6.63. The number of fused-ring (bicyclic) bond motifs is 1. The first-order chi connectivity index (χ1) is 12.8. The highest BCUT2D eigenvalue weighted by Gasteiger charge is 2.21. The molecule has 3 rings (SSSR count). The Morgan fingerprint density at radius 3 is 2.74 bits per heavy atom. The molecule has 0 radical (unpaired) electrons. The number of anilines is 1. The van der Waals surface area contributed by atoms with Crippen LogP contribution in [-0.2, 0) is 21.3 Å². The zero-order valence-electron chi connectivity index (χ0n) is 15.4. The third kappa shape index (κ3) is 4.37. The van der Waals surface area contributed by atoms with Crippen molar-refractivity contribution < 1.29 is 17.9 Å². The minimum atomic E-state index is -3.27. The van der Waals surface area contributed by atoms with Gasteiger partial charge in [0.1, 0.15) is 0 Å². The number of primary amides is 1. The first-order valence-electron chi connectivity index (χ1n) is 8.67. The molecule has 148 valence electrons. The van der Waals surface area contributed by atoms with Crippen LogP contribution in [0.1, 0.15) is 23.2 Å². The van der Waals surface area contributed by atoms with Gasteiger partial charge in [-0.05, 0) is 12.8 Å². The van der Waals surface area contributed by atoms with Crippen molar-refractivity contribution in [2.75, 3.05) is 38.4 Å². The van der Waals surface area contributed by atoms with Crippen molar-refractivity contribution in [3.63, 3.8) is 0 Å². The monoisotopic (exact) mass is 396 g/mol. The van der Waals surface area contributed by atoms with Gasteiger partial charge in [0.05, 0.1) is 35.6 Å². The highest BCUT2D eigenvalue weighted by Crippen LogP contribution is 2.28. The molecule has 2 aromatic heterocycles. The summed E-state index contributed by atoms with van der Waals surface area (Å²) in [5, 5.41) is 8.40. The highest BCUT2D eigenvalue weighted by atomic mass is 32.2. The van der Waals surface area contributed by atoms with Gasteiger partial charge in [0.15, 0.2) is 5.65 Å². The van der Waals surface area contributed by atoms with Gasteiger partial charge < -0.3 is 15.8 Å². The molecule has 0 bridgehead atoms. The number of aromatic nitrogens is 3. The van der Waals surface area contributed by atoms with E-state index in [-0.39, 0.29) is 12.6 Å². The molecule has 1 fully saturated rings. The standard InChI is InChI=1S/C16H24N6O4S/c1-21(27(2,24)25)5-6-22-16-13(10-19-22)14(12(9-18-16)15(17)23)20-11-3-7-26-8-4-11/h9-11H,3-8H2,1-2H3,(H2,17,23)(H,18,20). The van der Waals surface area contributed by atoms with Gasteiger partial charge in [-0.2, -0.15) is 5.10 Å². The van der Waals surface area contributed by atoms with Gasteiger partial charge in [0.2, 0.25) is 10.0 Å². The third-order valence-corrected chi connectivity index (χ3v) is 6.01. The number of nitrogens with one attached hydrogen (secondary N) is 1. The van der Waals surface area contributed by atoms with E-state index in [1.807, 2.05) is 0 Å². The Labute approximate surface area is 157 Å². The van der Waals surface area contributed by atoms with Crippen molar-refractivity contribution in [1.29, 1.82) is 0 Å². The SMILES string of the molecule is CN(CCn1ncc2c(NC3CCOCC3)c(C(N)=O)cnc21)S(C)(=O)=O. The molecule has 27 heavy (non-hydrogen) atoms. The number of carbonyl (C=O) groups excluding carboxylic acids is 1. The number of amides is 1. The van der Waals surface area contributed by atoms with Gasteiger partial charge in [-0.15, -0.1) is 0 Å². The predicted molar refractivity (Wildman–Crippen MR) is 101 cm³/mol. The van der Waals surface area contributed by atoms with Gasteiger partial charge in [0.25, 0.3) is 5.91 Å². The Kier molecular flexibility index (Phi) is 5.63. The molecule has 0 atom stereocenters. The molecular formula is C16H24N6O4S. The van der Waals surface area contributed by atoms with Crippen LogP contribution in [0.3, 0.4) is 0 Å². The van der Waals surface area contributed by atoms with E-state index in [0.717, 1.165) is 19.1 Å². The van der Waals surface area contributed by atoms with E-state index in [9.17, 15) is 13.2 Å². The van der Waals surface area contributed by atoms with Crippen LogP contribution in [-0.4, -0.2) is 72.5 Å². The zero-order chi connectivity index (χ0) is 19.6. The third-order valence-electron chi connectivity index (χ3n) is 4.69. The number of nitrogens with two attached hydrogens (primary N) is 1. The number of sulfonamides is 1. The Bertz CT molecular complexity index is 936. The normalized spacial score (nSPS) is 16.1. The maximum Gasteiger partial charge on any atom is 0.252 e. The molecule has 0 unspecified atom stereocenters. The second-order valence-corrected chi connectivity index (χ2v) is 8.72. The van der Waals surface area contributed by atoms with Crippen LogP contribution in [0.25, 0.3) is 11.0 Å². The Balaban J connectivity index is 1.91. The van der Waals surface area contributed by atoms with Crippen LogP contribution < -0.4 is 11.1 Å². The Morgan fingerprint density at radius 1 is 1.41 bits per heavy atom. The molecule has 10 nitrogen and oxygen atoms in total. The lowest BCUT2D eigenvalue weighted by Gasteiger charge is -2.25. The van der Waals surface area contributed by atoms with E-state index in [1.165, 1.54) is 17.5 Å². The van der Waals surface area contributed by atoms with Crippen molar-refractivity contribution in [2.45, 2.75) is 25.4 Å². The molecule has 0 aliphatic carbocycles. The first kappa shape index (κ1) is 19.5. The highest BCUT2D eigenvalue weighted by molar-refractivity contribution is 7.88. The van der Waals surface area contributed by atoms with Crippen LogP contribution in [0.15, 0.2) is 12.4 Å². The Morgan fingerprint density at radius 2 is 2.11 bits per heavy atom. The quantitative estimate of drug-likeness (QED) is 0.674. The van der Waals surface area contributed by atoms with Crippen molar-refractivity contribution in [1.82, 2.24) is 19.1 Å². The van der Waals surface area contributed by atoms with Crippen molar-refractivity contribution in [2.24, 2.45) is 5.73 Å². The number of likely N-dealkylation sites (N-methyl/N-ethyl adjacent to an activating group) is 1. The van der Waals surface area contributed by atoms with Crippen molar-refractivity contribution in [3.05, 3.63) is 18.0 Å². The van der Waals surface area contributed by atoms with E-state index in [1.54, 1.807) is 10.9 Å². The van der Waals surface area contributed by atoms with Gasteiger partial charge in [-0.3, -0.25) is 4.79 Å². The van der Waals surface area contributed by atoms with Crippen molar-refractivity contribution in [3.8, 4) is 0 Å². The van der Waals surface area contributed by atoms with Crippen LogP contribution in [0.5, 0.6) is 0 Å². The van der Waals surface area contributed by atoms with E-state index in [0.29, 0.717) is 42.0 Å². The summed E-state index contributed by atoms with van der Waals surface area (Å²) in [4.78, 5) is 16.2. The predicted octanol–water partition coefficient (Wildman–Crippen LogP) is 0.0125. The average molecular weight is 396 g/mol. The van der Waals surface area contributed by atoms with E-state index in [4.69, 9.17) is 10.5 Å². The number of nitrogens with zero attached hydrogens (tertiary/aromatic N) is 4. The molecule has 1 amide bonds. The smallest absolute Gasteiger partial charge is 0.252 e. The van der Waals surface area contributed by atoms with Gasteiger partial charge >= 0.3 is 0 Å². The minimum Gasteiger partial charge on any atom is -0.381 e.